The van der Waals surface area contributed by atoms with E-state index in [4.69, 9.17) is 33.2 Å². The van der Waals surface area contributed by atoms with Crippen LogP contribution in [0.15, 0.2) is 41.3 Å². The van der Waals surface area contributed by atoms with Crippen molar-refractivity contribution in [3.63, 3.8) is 0 Å². The maximum Gasteiger partial charge on any atom is 0.263 e. The van der Waals surface area contributed by atoms with Crippen LogP contribution in [0.5, 0.6) is 5.75 Å². The van der Waals surface area contributed by atoms with Crippen molar-refractivity contribution in [3.8, 4) is 11.8 Å². The average Bonchev–Trinajstić information content (AvgIpc) is 3.02. The Bertz CT molecular complexity index is 1010. The van der Waals surface area contributed by atoms with Gasteiger partial charge in [-0.25, -0.2) is 8.42 Å². The molecular weight excluding hydrogens is 409 g/mol. The number of nitrogens with zero attached hydrogens (tertiary/aromatic N) is 2. The lowest BCUT2D eigenvalue weighted by Gasteiger charge is -2.16. The smallest absolute Gasteiger partial charge is 0.263 e. The summed E-state index contributed by atoms with van der Waals surface area (Å²) >= 11 is 12.2. The lowest BCUT2D eigenvalue weighted by Crippen LogP contribution is -2.21. The molecule has 0 unspecified atom stereocenters. The first-order valence-electron chi connectivity index (χ1n) is 8.16. The molecule has 142 valence electrons. The summed E-state index contributed by atoms with van der Waals surface area (Å²) in [6.07, 6.45) is 0.885. The Labute approximate surface area is 168 Å². The first-order chi connectivity index (χ1) is 12.8. The standard InChI is InChI=1S/C18H17Cl2N3O3S/c1-23-7-6-14(11-23)26-17-9-13(3-4-15(17)19)22-27(24,25)18-5-2-12(10-21)8-16(18)20/h2-5,8-9,14,22H,6-7,11H2,1H3/t14-/m1/s1. The van der Waals surface area contributed by atoms with Crippen LogP contribution in [-0.4, -0.2) is 39.6 Å². The van der Waals surface area contributed by atoms with Gasteiger partial charge in [0.2, 0.25) is 0 Å². The highest BCUT2D eigenvalue weighted by molar-refractivity contribution is 7.92. The quantitative estimate of drug-likeness (QED) is 0.788. The molecule has 1 aliphatic heterocycles. The van der Waals surface area contributed by atoms with E-state index in [2.05, 4.69) is 9.62 Å². The molecule has 0 amide bonds. The topological polar surface area (TPSA) is 82.4 Å². The third-order valence-corrected chi connectivity index (χ3v) is 6.35. The van der Waals surface area contributed by atoms with Crippen LogP contribution in [0.4, 0.5) is 5.69 Å². The molecule has 2 aromatic rings. The van der Waals surface area contributed by atoms with Crippen molar-refractivity contribution in [1.82, 2.24) is 4.90 Å². The van der Waals surface area contributed by atoms with Gasteiger partial charge in [-0.2, -0.15) is 5.26 Å². The first kappa shape index (κ1) is 19.8. The highest BCUT2D eigenvalue weighted by Gasteiger charge is 2.23. The van der Waals surface area contributed by atoms with Crippen LogP contribution in [0, 0.1) is 11.3 Å². The Morgan fingerprint density at radius 1 is 1.22 bits per heavy atom. The third-order valence-electron chi connectivity index (χ3n) is 4.18. The molecule has 2 aromatic carbocycles. The molecule has 0 aliphatic carbocycles. The third kappa shape index (κ3) is 4.66. The van der Waals surface area contributed by atoms with Gasteiger partial charge >= 0.3 is 0 Å². The number of hydrogen-bond donors (Lipinski definition) is 1. The summed E-state index contributed by atoms with van der Waals surface area (Å²) in [6, 6.07) is 10.6. The summed E-state index contributed by atoms with van der Waals surface area (Å²) in [7, 11) is -1.92. The van der Waals surface area contributed by atoms with Crippen molar-refractivity contribution in [2.45, 2.75) is 17.4 Å². The normalized spacial score (nSPS) is 17.5. The average molecular weight is 426 g/mol. The van der Waals surface area contributed by atoms with E-state index in [0.29, 0.717) is 16.5 Å². The van der Waals surface area contributed by atoms with Gasteiger partial charge in [-0.3, -0.25) is 4.72 Å². The van der Waals surface area contributed by atoms with E-state index < -0.39 is 10.0 Å². The first-order valence-corrected chi connectivity index (χ1v) is 10.4. The van der Waals surface area contributed by atoms with Crippen molar-refractivity contribution >= 4 is 38.9 Å². The number of hydrogen-bond acceptors (Lipinski definition) is 5. The van der Waals surface area contributed by atoms with E-state index >= 15 is 0 Å². The number of anilines is 1. The van der Waals surface area contributed by atoms with E-state index in [1.54, 1.807) is 18.2 Å². The van der Waals surface area contributed by atoms with Gasteiger partial charge < -0.3 is 9.64 Å². The fourth-order valence-corrected chi connectivity index (χ4v) is 4.58. The monoisotopic (exact) mass is 425 g/mol. The minimum Gasteiger partial charge on any atom is -0.487 e. The Morgan fingerprint density at radius 2 is 2.00 bits per heavy atom. The fraction of sp³-hybridized carbons (Fsp3) is 0.278. The zero-order valence-corrected chi connectivity index (χ0v) is 16.8. The predicted molar refractivity (Wildman–Crippen MR) is 105 cm³/mol. The lowest BCUT2D eigenvalue weighted by molar-refractivity contribution is 0.208. The number of ether oxygens (including phenoxy) is 1. The predicted octanol–water partition coefficient (Wildman–Crippen LogP) is 3.75. The Morgan fingerprint density at radius 3 is 2.63 bits per heavy atom. The van der Waals surface area contributed by atoms with Gasteiger partial charge in [-0.1, -0.05) is 23.2 Å². The molecule has 1 heterocycles. The van der Waals surface area contributed by atoms with Gasteiger partial charge in [0, 0.05) is 19.2 Å². The molecule has 0 radical (unpaired) electrons. The van der Waals surface area contributed by atoms with Gasteiger partial charge in [0.25, 0.3) is 10.0 Å². The minimum absolute atomic E-state index is 0.00678. The fourth-order valence-electron chi connectivity index (χ4n) is 2.83. The van der Waals surface area contributed by atoms with Crippen LogP contribution in [0.1, 0.15) is 12.0 Å². The van der Waals surface area contributed by atoms with Crippen molar-refractivity contribution in [3.05, 3.63) is 52.0 Å². The largest absolute Gasteiger partial charge is 0.487 e. The Balaban J connectivity index is 1.82. The van der Waals surface area contributed by atoms with E-state index in [9.17, 15) is 8.42 Å². The van der Waals surface area contributed by atoms with Crippen molar-refractivity contribution in [2.75, 3.05) is 24.9 Å². The van der Waals surface area contributed by atoms with Crippen LogP contribution < -0.4 is 9.46 Å². The second kappa shape index (κ2) is 7.95. The second-order valence-electron chi connectivity index (χ2n) is 6.30. The van der Waals surface area contributed by atoms with Crippen LogP contribution in [0.25, 0.3) is 0 Å². The summed E-state index contributed by atoms with van der Waals surface area (Å²) in [5.41, 5.74) is 0.587. The molecule has 0 aromatic heterocycles. The molecule has 1 saturated heterocycles. The molecule has 9 heteroatoms. The van der Waals surface area contributed by atoms with Gasteiger partial charge in [0.05, 0.1) is 27.4 Å². The molecular formula is C18H17Cl2N3O3S. The molecule has 27 heavy (non-hydrogen) atoms. The number of nitrogens with one attached hydrogen (secondary N) is 1. The summed E-state index contributed by atoms with van der Waals surface area (Å²) in [4.78, 5) is 2.04. The van der Waals surface area contributed by atoms with E-state index in [-0.39, 0.29) is 21.6 Å². The van der Waals surface area contributed by atoms with Crippen LogP contribution >= 0.6 is 23.2 Å². The highest BCUT2D eigenvalue weighted by atomic mass is 35.5. The van der Waals surface area contributed by atoms with Crippen LogP contribution in [-0.2, 0) is 10.0 Å². The Kier molecular flexibility index (Phi) is 5.82. The molecule has 0 bridgehead atoms. The zero-order valence-electron chi connectivity index (χ0n) is 14.4. The Hall–Kier alpha value is -1.98. The number of halogens is 2. The number of sulfonamides is 1. The van der Waals surface area contributed by atoms with Gasteiger partial charge in [-0.05, 0) is 43.8 Å². The molecule has 6 nitrogen and oxygen atoms in total. The molecule has 1 fully saturated rings. The van der Waals surface area contributed by atoms with Crippen molar-refractivity contribution in [1.29, 1.82) is 5.26 Å². The second-order valence-corrected chi connectivity index (χ2v) is 8.76. The molecule has 1 N–H and O–H groups in total. The molecule has 1 atom stereocenters. The number of benzene rings is 2. The highest BCUT2D eigenvalue weighted by Crippen LogP contribution is 2.32. The summed E-state index contributed by atoms with van der Waals surface area (Å²) < 4.78 is 33.7. The maximum absolute atomic E-state index is 12.6. The number of nitriles is 1. The van der Waals surface area contributed by atoms with Gasteiger partial charge in [0.1, 0.15) is 16.7 Å². The van der Waals surface area contributed by atoms with E-state index in [0.717, 1.165) is 19.5 Å². The minimum atomic E-state index is -3.93. The molecule has 3 rings (SSSR count). The van der Waals surface area contributed by atoms with Gasteiger partial charge in [0.15, 0.2) is 0 Å². The molecule has 0 spiro atoms. The molecule has 0 saturated carbocycles. The number of likely N-dealkylation sites (tertiary alicyclic amines) is 1. The van der Waals surface area contributed by atoms with Crippen LogP contribution in [0.2, 0.25) is 10.0 Å². The van der Waals surface area contributed by atoms with E-state index in [1.807, 2.05) is 13.1 Å². The van der Waals surface area contributed by atoms with Gasteiger partial charge in [-0.15, -0.1) is 0 Å². The molecule has 1 aliphatic rings. The van der Waals surface area contributed by atoms with Crippen molar-refractivity contribution < 1.29 is 13.2 Å². The van der Waals surface area contributed by atoms with Crippen LogP contribution in [0.3, 0.4) is 0 Å². The summed E-state index contributed by atoms with van der Waals surface area (Å²) in [6.45, 7) is 1.72. The summed E-state index contributed by atoms with van der Waals surface area (Å²) in [5, 5.41) is 9.26. The maximum atomic E-state index is 12.6. The lowest BCUT2D eigenvalue weighted by atomic mass is 10.2. The van der Waals surface area contributed by atoms with Crippen molar-refractivity contribution in [2.24, 2.45) is 0 Å². The zero-order chi connectivity index (χ0) is 19.6. The SMILES string of the molecule is CN1CC[C@@H](Oc2cc(NS(=O)(=O)c3ccc(C#N)cc3Cl)ccc2Cl)C1. The summed E-state index contributed by atoms with van der Waals surface area (Å²) in [5.74, 6) is 0.420. The van der Waals surface area contributed by atoms with E-state index in [1.165, 1.54) is 18.2 Å². The number of rotatable bonds is 5. The number of likely N-dealkylation sites (N-methyl/N-ethyl adjacent to an activating group) is 1.